The van der Waals surface area contributed by atoms with Crippen LogP contribution in [0, 0.1) is 0 Å². The molecule has 1 unspecified atom stereocenters. The number of aromatic nitrogens is 1. The van der Waals surface area contributed by atoms with Gasteiger partial charge in [-0.25, -0.2) is 4.79 Å². The van der Waals surface area contributed by atoms with E-state index in [4.69, 9.17) is 14.0 Å². The van der Waals surface area contributed by atoms with Gasteiger partial charge in [-0.2, -0.15) is 0 Å². The summed E-state index contributed by atoms with van der Waals surface area (Å²) in [5, 5.41) is 3.82. The molecule has 0 saturated carbocycles. The van der Waals surface area contributed by atoms with Gasteiger partial charge in [-0.1, -0.05) is 23.4 Å². The largest absolute Gasteiger partial charge is 0.444 e. The Hall–Kier alpha value is -2.34. The Kier molecular flexibility index (Phi) is 5.32. The Morgan fingerprint density at radius 3 is 2.85 bits per heavy atom. The number of likely N-dealkylation sites (N-methyl/N-ethyl adjacent to an activating group) is 1. The predicted octanol–water partition coefficient (Wildman–Crippen LogP) is 4.21. The highest BCUT2D eigenvalue weighted by molar-refractivity contribution is 5.68. The zero-order chi connectivity index (χ0) is 18.7. The minimum absolute atomic E-state index is 0.201. The van der Waals surface area contributed by atoms with Crippen LogP contribution in [0.25, 0.3) is 11.3 Å². The fourth-order valence-electron chi connectivity index (χ4n) is 3.15. The number of fused-ring (bicyclic) bond motifs is 1. The molecule has 0 aliphatic carbocycles. The van der Waals surface area contributed by atoms with Crippen LogP contribution in [0.5, 0.6) is 0 Å². The molecule has 2 aromatic rings. The lowest BCUT2D eigenvalue weighted by molar-refractivity contribution is 0.00410. The van der Waals surface area contributed by atoms with Crippen molar-refractivity contribution in [1.82, 2.24) is 10.1 Å². The van der Waals surface area contributed by atoms with E-state index in [9.17, 15) is 4.79 Å². The number of benzene rings is 1. The van der Waals surface area contributed by atoms with Gasteiger partial charge < -0.3 is 18.9 Å². The monoisotopic (exact) mass is 358 g/mol. The Balaban J connectivity index is 1.85. The van der Waals surface area contributed by atoms with Gasteiger partial charge in [0.2, 0.25) is 0 Å². The van der Waals surface area contributed by atoms with E-state index in [0.717, 1.165) is 29.7 Å². The van der Waals surface area contributed by atoms with Crippen LogP contribution in [0.3, 0.4) is 0 Å². The lowest BCUT2D eigenvalue weighted by Crippen LogP contribution is -2.37. The predicted molar refractivity (Wildman–Crippen MR) is 97.8 cm³/mol. The van der Waals surface area contributed by atoms with Gasteiger partial charge in [0.15, 0.2) is 5.76 Å². The molecule has 0 fully saturated rings. The van der Waals surface area contributed by atoms with Gasteiger partial charge >= 0.3 is 6.09 Å². The van der Waals surface area contributed by atoms with Crippen molar-refractivity contribution in [3.05, 3.63) is 41.6 Å². The van der Waals surface area contributed by atoms with Crippen molar-refractivity contribution in [3.8, 4) is 11.3 Å². The van der Waals surface area contributed by atoms with E-state index in [0.29, 0.717) is 13.2 Å². The third-order valence-electron chi connectivity index (χ3n) is 4.30. The Morgan fingerprint density at radius 2 is 2.15 bits per heavy atom. The maximum Gasteiger partial charge on any atom is 0.410 e. The van der Waals surface area contributed by atoms with Gasteiger partial charge in [0.1, 0.15) is 11.7 Å². The minimum atomic E-state index is -0.521. The molecule has 3 rings (SSSR count). The molecule has 140 valence electrons. The molecule has 0 saturated heterocycles. The third kappa shape index (κ3) is 4.25. The first kappa shape index (κ1) is 18.5. The number of carbonyl (C=O) groups is 1. The molecule has 1 atom stereocenters. The second-order valence-electron chi connectivity index (χ2n) is 7.57. The summed E-state index contributed by atoms with van der Waals surface area (Å²) < 4.78 is 16.9. The fraction of sp³-hybridized carbons (Fsp3) is 0.500. The van der Waals surface area contributed by atoms with Crippen LogP contribution in [0.4, 0.5) is 4.79 Å². The summed E-state index contributed by atoms with van der Waals surface area (Å²) >= 11 is 0. The van der Waals surface area contributed by atoms with Crippen molar-refractivity contribution in [3.63, 3.8) is 0 Å². The van der Waals surface area contributed by atoms with Crippen LogP contribution in [0.15, 0.2) is 35.0 Å². The number of carbonyl (C=O) groups excluding carboxylic acids is 1. The summed E-state index contributed by atoms with van der Waals surface area (Å²) in [5.74, 6) is 0.753. The molecule has 1 aliphatic heterocycles. The van der Waals surface area contributed by atoms with Crippen LogP contribution in [-0.4, -0.2) is 42.0 Å². The average molecular weight is 358 g/mol. The van der Waals surface area contributed by atoms with Crippen molar-refractivity contribution >= 4 is 6.09 Å². The molecule has 2 heterocycles. The van der Waals surface area contributed by atoms with Crippen molar-refractivity contribution in [2.45, 2.75) is 45.3 Å². The number of rotatable bonds is 3. The zero-order valence-corrected chi connectivity index (χ0v) is 15.8. The van der Waals surface area contributed by atoms with Crippen molar-refractivity contribution in [2.24, 2.45) is 0 Å². The highest BCUT2D eigenvalue weighted by Gasteiger charge is 2.27. The normalized spacial score (nSPS) is 17.3. The number of hydrogen-bond donors (Lipinski definition) is 0. The summed E-state index contributed by atoms with van der Waals surface area (Å²) in [7, 11) is 1.74. The molecule has 1 aromatic heterocycles. The molecule has 6 heteroatoms. The molecule has 1 aliphatic rings. The first-order valence-corrected chi connectivity index (χ1v) is 8.94. The summed E-state index contributed by atoms with van der Waals surface area (Å²) in [6.45, 7) is 6.67. The summed E-state index contributed by atoms with van der Waals surface area (Å²) in [4.78, 5) is 13.9. The van der Waals surface area contributed by atoms with Gasteiger partial charge in [-0.05, 0) is 44.7 Å². The van der Waals surface area contributed by atoms with E-state index >= 15 is 0 Å². The lowest BCUT2D eigenvalue weighted by Gasteiger charge is -2.28. The summed E-state index contributed by atoms with van der Waals surface area (Å²) in [5.41, 5.74) is 2.80. The van der Waals surface area contributed by atoms with Gasteiger partial charge in [0.05, 0.1) is 12.7 Å². The molecular weight excluding hydrogens is 332 g/mol. The van der Waals surface area contributed by atoms with E-state index in [2.05, 4.69) is 11.2 Å². The molecule has 0 N–H and O–H groups in total. The maximum absolute atomic E-state index is 12.3. The van der Waals surface area contributed by atoms with Gasteiger partial charge in [0, 0.05) is 25.3 Å². The quantitative estimate of drug-likeness (QED) is 0.822. The van der Waals surface area contributed by atoms with E-state index in [1.54, 1.807) is 18.1 Å². The molecular formula is C20H26N2O4. The number of ether oxygens (including phenoxy) is 2. The van der Waals surface area contributed by atoms with Crippen LogP contribution in [0.2, 0.25) is 0 Å². The highest BCUT2D eigenvalue weighted by Crippen LogP contribution is 2.34. The third-order valence-corrected chi connectivity index (χ3v) is 4.30. The Bertz CT molecular complexity index is 750. The van der Waals surface area contributed by atoms with Gasteiger partial charge in [-0.15, -0.1) is 0 Å². The molecule has 0 radical (unpaired) electrons. The highest BCUT2D eigenvalue weighted by atomic mass is 16.6. The van der Waals surface area contributed by atoms with Crippen molar-refractivity contribution in [2.75, 3.05) is 20.2 Å². The molecule has 0 bridgehead atoms. The second kappa shape index (κ2) is 7.50. The zero-order valence-electron chi connectivity index (χ0n) is 15.8. The lowest BCUT2D eigenvalue weighted by atomic mass is 9.93. The van der Waals surface area contributed by atoms with E-state index in [1.165, 1.54) is 5.56 Å². The Morgan fingerprint density at radius 1 is 1.35 bits per heavy atom. The number of hydrogen-bond acceptors (Lipinski definition) is 5. The van der Waals surface area contributed by atoms with Gasteiger partial charge in [-0.3, -0.25) is 0 Å². The number of amides is 1. The summed E-state index contributed by atoms with van der Waals surface area (Å²) in [6, 6.07) is 7.96. The first-order valence-electron chi connectivity index (χ1n) is 8.94. The van der Waals surface area contributed by atoms with Crippen LogP contribution >= 0.6 is 0 Å². The maximum atomic E-state index is 12.3. The van der Waals surface area contributed by atoms with Crippen LogP contribution < -0.4 is 0 Å². The minimum Gasteiger partial charge on any atom is -0.444 e. The van der Waals surface area contributed by atoms with Crippen LogP contribution in [-0.2, 0) is 15.9 Å². The smallest absolute Gasteiger partial charge is 0.410 e. The Labute approximate surface area is 154 Å². The molecule has 1 amide bonds. The SMILES string of the molecule is CN(CC1OCCCc2c(-c3ccno3)cccc21)C(=O)OC(C)(C)C. The molecule has 0 spiro atoms. The van der Waals surface area contributed by atoms with Crippen LogP contribution in [0.1, 0.15) is 44.4 Å². The van der Waals surface area contributed by atoms with Gasteiger partial charge in [0.25, 0.3) is 0 Å². The summed E-state index contributed by atoms with van der Waals surface area (Å²) in [6.07, 6.45) is 2.92. The average Bonchev–Trinajstić information content (AvgIpc) is 3.02. The van der Waals surface area contributed by atoms with E-state index in [-0.39, 0.29) is 12.2 Å². The van der Waals surface area contributed by atoms with Crippen molar-refractivity contribution in [1.29, 1.82) is 0 Å². The molecule has 1 aromatic carbocycles. The standard InChI is InChI=1S/C20H26N2O4/c1-20(2,3)25-19(23)22(4)13-18-16-8-5-7-15(17-10-11-21-26-17)14(16)9-6-12-24-18/h5,7-8,10-11,18H,6,9,12-13H2,1-4H3. The molecule has 6 nitrogen and oxygen atoms in total. The van der Waals surface area contributed by atoms with E-state index < -0.39 is 5.60 Å². The topological polar surface area (TPSA) is 64.8 Å². The second-order valence-corrected chi connectivity index (χ2v) is 7.57. The van der Waals surface area contributed by atoms with Crippen molar-refractivity contribution < 1.29 is 18.8 Å². The fourth-order valence-corrected chi connectivity index (χ4v) is 3.15. The van der Waals surface area contributed by atoms with E-state index in [1.807, 2.05) is 39.0 Å². The first-order chi connectivity index (χ1) is 12.3. The molecule has 26 heavy (non-hydrogen) atoms. The number of nitrogens with zero attached hydrogens (tertiary/aromatic N) is 2.